The smallest absolute Gasteiger partial charge is 0.248 e. The lowest BCUT2D eigenvalue weighted by atomic mass is 9.94. The number of benzene rings is 1. The summed E-state index contributed by atoms with van der Waals surface area (Å²) in [5.41, 5.74) is 2.28. The van der Waals surface area contributed by atoms with Gasteiger partial charge >= 0.3 is 0 Å². The van der Waals surface area contributed by atoms with E-state index in [1.165, 1.54) is 44.7 Å². The average Bonchev–Trinajstić information content (AvgIpc) is 2.53. The largest absolute Gasteiger partial charge is 0.384 e. The molecule has 0 heterocycles. The second-order valence-corrected chi connectivity index (χ2v) is 5.96. The van der Waals surface area contributed by atoms with Gasteiger partial charge in [0.15, 0.2) is 0 Å². The monoisotopic (exact) mass is 290 g/mol. The van der Waals surface area contributed by atoms with Crippen LogP contribution in [0.5, 0.6) is 0 Å². The zero-order valence-electron chi connectivity index (χ0n) is 13.0. The number of carbonyl (C=O) groups excluding carboxylic acids is 1. The van der Waals surface area contributed by atoms with Gasteiger partial charge in [-0.1, -0.05) is 31.4 Å². The Morgan fingerprint density at radius 2 is 1.90 bits per heavy atom. The molecule has 0 spiro atoms. The molecule has 1 fully saturated rings. The van der Waals surface area contributed by atoms with E-state index in [1.807, 2.05) is 12.1 Å². The fourth-order valence-corrected chi connectivity index (χ4v) is 2.86. The maximum absolute atomic E-state index is 11.3. The van der Waals surface area contributed by atoms with Gasteiger partial charge in [-0.2, -0.15) is 0 Å². The third-order valence-corrected chi connectivity index (χ3v) is 4.31. The van der Waals surface area contributed by atoms with E-state index >= 15 is 0 Å². The quantitative estimate of drug-likeness (QED) is 0.876. The molecule has 0 bridgehead atoms. The summed E-state index contributed by atoms with van der Waals surface area (Å²) < 4.78 is 0. The lowest BCUT2D eigenvalue weighted by Gasteiger charge is -2.33. The minimum absolute atomic E-state index is 0.335. The Hall–Kier alpha value is -1.55. The van der Waals surface area contributed by atoms with E-state index in [9.17, 15) is 4.79 Å². The Labute approximate surface area is 127 Å². The molecule has 116 valence electrons. The summed E-state index contributed by atoms with van der Waals surface area (Å²) in [6, 6.07) is 8.95. The number of aliphatic hydroxyl groups is 1. The van der Waals surface area contributed by atoms with Crippen LogP contribution in [0.2, 0.25) is 0 Å². The van der Waals surface area contributed by atoms with Crippen LogP contribution in [0.25, 0.3) is 0 Å². The van der Waals surface area contributed by atoms with Gasteiger partial charge in [0, 0.05) is 25.3 Å². The van der Waals surface area contributed by atoms with Crippen molar-refractivity contribution in [3.05, 3.63) is 29.8 Å². The highest BCUT2D eigenvalue weighted by molar-refractivity contribution is 5.79. The molecule has 1 aromatic carbocycles. The van der Waals surface area contributed by atoms with Crippen molar-refractivity contribution >= 4 is 11.6 Å². The van der Waals surface area contributed by atoms with E-state index in [-0.39, 0.29) is 5.91 Å². The zero-order chi connectivity index (χ0) is 15.2. The molecule has 1 atom stereocenters. The molecule has 1 aromatic rings. The molecule has 0 radical (unpaired) electrons. The number of aliphatic hydroxyl groups excluding tert-OH is 1. The summed E-state index contributed by atoms with van der Waals surface area (Å²) in [6.45, 7) is 1.93. The Morgan fingerprint density at radius 1 is 1.29 bits per heavy atom. The molecule has 0 aromatic heterocycles. The topological polar surface area (TPSA) is 52.6 Å². The molecule has 2 rings (SSSR count). The van der Waals surface area contributed by atoms with Gasteiger partial charge in [0.2, 0.25) is 5.91 Å². The van der Waals surface area contributed by atoms with Crippen molar-refractivity contribution in [3.63, 3.8) is 0 Å². The van der Waals surface area contributed by atoms with Crippen LogP contribution in [0.1, 0.15) is 44.6 Å². The number of hydrogen-bond acceptors (Lipinski definition) is 3. The van der Waals surface area contributed by atoms with E-state index in [1.54, 1.807) is 0 Å². The van der Waals surface area contributed by atoms with E-state index in [2.05, 4.69) is 29.4 Å². The first-order valence-electron chi connectivity index (χ1n) is 7.85. The van der Waals surface area contributed by atoms with Gasteiger partial charge in [-0.3, -0.25) is 4.79 Å². The number of nitrogens with zero attached hydrogens (tertiary/aromatic N) is 1. The van der Waals surface area contributed by atoms with Crippen molar-refractivity contribution in [3.8, 4) is 0 Å². The van der Waals surface area contributed by atoms with Gasteiger partial charge < -0.3 is 15.3 Å². The Kier molecular flexibility index (Phi) is 5.62. The predicted octanol–water partition coefficient (Wildman–Crippen LogP) is 2.45. The first-order chi connectivity index (χ1) is 10.1. The standard InChI is InChI=1S/C17H26N2O2/c1-13(20)17(21)18-12-14-8-10-16(11-9-14)19(2)15-6-4-3-5-7-15/h8-11,13,15,20H,3-7,12H2,1-2H3,(H,18,21). The van der Waals surface area contributed by atoms with E-state index in [0.29, 0.717) is 12.6 Å². The molecule has 0 saturated heterocycles. The SMILES string of the molecule is CC(O)C(=O)NCc1ccc(N(C)C2CCCCC2)cc1. The number of amides is 1. The summed E-state index contributed by atoms with van der Waals surface area (Å²) in [5.74, 6) is -0.335. The van der Waals surface area contributed by atoms with Crippen LogP contribution in [0.3, 0.4) is 0 Å². The van der Waals surface area contributed by atoms with Crippen LogP contribution < -0.4 is 10.2 Å². The highest BCUT2D eigenvalue weighted by Gasteiger charge is 2.18. The lowest BCUT2D eigenvalue weighted by Crippen LogP contribution is -2.33. The summed E-state index contributed by atoms with van der Waals surface area (Å²) in [4.78, 5) is 13.7. The number of hydrogen-bond donors (Lipinski definition) is 2. The van der Waals surface area contributed by atoms with Crippen LogP contribution in [-0.2, 0) is 11.3 Å². The summed E-state index contributed by atoms with van der Waals surface area (Å²) in [5, 5.41) is 11.8. The van der Waals surface area contributed by atoms with Crippen molar-refractivity contribution < 1.29 is 9.90 Å². The molecule has 1 unspecified atom stereocenters. The Bertz CT molecular complexity index is 450. The molecule has 0 aliphatic heterocycles. The molecular formula is C17H26N2O2. The molecule has 2 N–H and O–H groups in total. The maximum atomic E-state index is 11.3. The summed E-state index contributed by atoms with van der Waals surface area (Å²) in [6.07, 6.45) is 5.64. The molecule has 1 saturated carbocycles. The van der Waals surface area contributed by atoms with E-state index in [4.69, 9.17) is 5.11 Å². The second kappa shape index (κ2) is 7.46. The Morgan fingerprint density at radius 3 is 2.48 bits per heavy atom. The van der Waals surface area contributed by atoms with Crippen molar-refractivity contribution in [2.45, 2.75) is 57.7 Å². The van der Waals surface area contributed by atoms with Crippen LogP contribution in [0.4, 0.5) is 5.69 Å². The van der Waals surface area contributed by atoms with Crippen LogP contribution in [-0.4, -0.2) is 30.2 Å². The number of nitrogens with one attached hydrogen (secondary N) is 1. The zero-order valence-corrected chi connectivity index (χ0v) is 13.0. The van der Waals surface area contributed by atoms with Crippen molar-refractivity contribution in [1.82, 2.24) is 5.32 Å². The fourth-order valence-electron chi connectivity index (χ4n) is 2.86. The lowest BCUT2D eigenvalue weighted by molar-refractivity contribution is -0.128. The minimum Gasteiger partial charge on any atom is -0.384 e. The number of carbonyl (C=O) groups is 1. The summed E-state index contributed by atoms with van der Waals surface area (Å²) >= 11 is 0. The van der Waals surface area contributed by atoms with Crippen molar-refractivity contribution in [2.24, 2.45) is 0 Å². The predicted molar refractivity (Wildman–Crippen MR) is 85.2 cm³/mol. The van der Waals surface area contributed by atoms with Crippen LogP contribution in [0, 0.1) is 0 Å². The van der Waals surface area contributed by atoms with Gasteiger partial charge in [-0.25, -0.2) is 0 Å². The summed E-state index contributed by atoms with van der Waals surface area (Å²) in [7, 11) is 2.17. The highest BCUT2D eigenvalue weighted by Crippen LogP contribution is 2.26. The third-order valence-electron chi connectivity index (χ3n) is 4.31. The van der Waals surface area contributed by atoms with Gasteiger partial charge in [0.05, 0.1) is 0 Å². The molecule has 4 nitrogen and oxygen atoms in total. The third kappa shape index (κ3) is 4.46. The number of rotatable bonds is 5. The molecular weight excluding hydrogens is 264 g/mol. The van der Waals surface area contributed by atoms with Gasteiger partial charge in [-0.05, 0) is 37.5 Å². The minimum atomic E-state index is -0.957. The molecule has 1 aliphatic rings. The number of anilines is 1. The second-order valence-electron chi connectivity index (χ2n) is 5.96. The van der Waals surface area contributed by atoms with E-state index in [0.717, 1.165) is 5.56 Å². The van der Waals surface area contributed by atoms with Gasteiger partial charge in [0.1, 0.15) is 6.10 Å². The van der Waals surface area contributed by atoms with Crippen molar-refractivity contribution in [2.75, 3.05) is 11.9 Å². The van der Waals surface area contributed by atoms with Gasteiger partial charge in [-0.15, -0.1) is 0 Å². The van der Waals surface area contributed by atoms with Gasteiger partial charge in [0.25, 0.3) is 0 Å². The fraction of sp³-hybridized carbons (Fsp3) is 0.588. The first-order valence-corrected chi connectivity index (χ1v) is 7.85. The molecule has 21 heavy (non-hydrogen) atoms. The maximum Gasteiger partial charge on any atom is 0.248 e. The first kappa shape index (κ1) is 15.8. The highest BCUT2D eigenvalue weighted by atomic mass is 16.3. The molecule has 4 heteroatoms. The normalized spacial score (nSPS) is 17.3. The molecule has 1 aliphatic carbocycles. The van der Waals surface area contributed by atoms with Crippen LogP contribution >= 0.6 is 0 Å². The van der Waals surface area contributed by atoms with Crippen LogP contribution in [0.15, 0.2) is 24.3 Å². The molecule has 1 amide bonds. The Balaban J connectivity index is 1.90. The average molecular weight is 290 g/mol. The van der Waals surface area contributed by atoms with Crippen molar-refractivity contribution in [1.29, 1.82) is 0 Å². The van der Waals surface area contributed by atoms with E-state index < -0.39 is 6.10 Å².